The number of rotatable bonds is 2. The van der Waals surface area contributed by atoms with Gasteiger partial charge in [0.15, 0.2) is 5.78 Å². The highest BCUT2D eigenvalue weighted by Gasteiger charge is 2.47. The Hall–Kier alpha value is -1.81. The lowest BCUT2D eigenvalue weighted by molar-refractivity contribution is -0.115. The summed E-state index contributed by atoms with van der Waals surface area (Å²) >= 11 is 0. The van der Waals surface area contributed by atoms with Crippen molar-refractivity contribution in [2.75, 3.05) is 13.2 Å². The first-order chi connectivity index (χ1) is 10.1. The van der Waals surface area contributed by atoms with Gasteiger partial charge in [-0.05, 0) is 42.5 Å². The molecule has 0 bridgehead atoms. The number of aliphatic hydroxyl groups excluding tert-OH is 1. The van der Waals surface area contributed by atoms with E-state index in [4.69, 9.17) is 4.74 Å². The smallest absolute Gasteiger partial charge is 0.167 e. The van der Waals surface area contributed by atoms with Gasteiger partial charge in [-0.3, -0.25) is 4.79 Å². The Balaban J connectivity index is 2.10. The summed E-state index contributed by atoms with van der Waals surface area (Å²) in [4.78, 5) is 12.5. The number of phenols is 1. The van der Waals surface area contributed by atoms with E-state index >= 15 is 0 Å². The Kier molecular flexibility index (Phi) is 3.49. The zero-order chi connectivity index (χ0) is 15.0. The predicted molar refractivity (Wildman–Crippen MR) is 79.1 cm³/mol. The molecule has 2 N–H and O–H groups in total. The molecule has 1 aliphatic carbocycles. The summed E-state index contributed by atoms with van der Waals surface area (Å²) in [6, 6.07) is 4.96. The van der Waals surface area contributed by atoms with Gasteiger partial charge in [0.1, 0.15) is 11.5 Å². The molecule has 0 aromatic heterocycles. The number of ketones is 1. The Morgan fingerprint density at radius 1 is 1.24 bits per heavy atom. The van der Waals surface area contributed by atoms with Crippen LogP contribution < -0.4 is 0 Å². The number of ether oxygens (including phenoxy) is 1. The molecule has 21 heavy (non-hydrogen) atoms. The van der Waals surface area contributed by atoms with E-state index in [0.717, 1.165) is 11.1 Å². The number of hydrogen-bond donors (Lipinski definition) is 2. The lowest BCUT2D eigenvalue weighted by atomic mass is 9.78. The second-order valence-corrected chi connectivity index (χ2v) is 5.91. The lowest BCUT2D eigenvalue weighted by Gasteiger charge is -2.32. The highest BCUT2D eigenvalue weighted by molar-refractivity contribution is 6.24. The third kappa shape index (κ3) is 2.23. The molecule has 1 aliphatic heterocycles. The highest BCUT2D eigenvalue weighted by atomic mass is 16.5. The minimum Gasteiger partial charge on any atom is -0.511 e. The standard InChI is InChI=1S/C17H20O4/c1-2-11-9-12(18)3-4-13(11)15-14(19)10-17(16(15)20)5-7-21-8-6-17/h3-4,9,18,20H,2,5-8,10H2,1H3. The fourth-order valence-corrected chi connectivity index (χ4v) is 3.45. The van der Waals surface area contributed by atoms with Crippen LogP contribution in [0.25, 0.3) is 5.57 Å². The molecular weight excluding hydrogens is 268 g/mol. The summed E-state index contributed by atoms with van der Waals surface area (Å²) in [7, 11) is 0. The number of carbonyl (C=O) groups is 1. The van der Waals surface area contributed by atoms with Gasteiger partial charge in [-0.25, -0.2) is 0 Å². The Morgan fingerprint density at radius 3 is 2.62 bits per heavy atom. The van der Waals surface area contributed by atoms with Gasteiger partial charge in [0.05, 0.1) is 5.57 Å². The molecule has 2 aliphatic rings. The van der Waals surface area contributed by atoms with Crippen LogP contribution in [-0.2, 0) is 16.0 Å². The minimum absolute atomic E-state index is 0.00482. The second kappa shape index (κ2) is 5.19. The van der Waals surface area contributed by atoms with E-state index in [2.05, 4.69) is 0 Å². The molecule has 1 aromatic rings. The van der Waals surface area contributed by atoms with Crippen molar-refractivity contribution in [1.29, 1.82) is 0 Å². The van der Waals surface area contributed by atoms with E-state index in [0.29, 0.717) is 44.5 Å². The van der Waals surface area contributed by atoms with E-state index in [-0.39, 0.29) is 17.3 Å². The number of Topliss-reactive ketones (excluding diaryl/α,β-unsaturated/α-hetero) is 1. The van der Waals surface area contributed by atoms with E-state index in [1.807, 2.05) is 6.92 Å². The number of aliphatic hydroxyl groups is 1. The molecule has 1 aromatic carbocycles. The number of aromatic hydroxyl groups is 1. The SMILES string of the molecule is CCc1cc(O)ccc1C1=C(O)C2(CCOCC2)CC1=O. The third-order valence-electron chi connectivity index (χ3n) is 4.71. The van der Waals surface area contributed by atoms with Gasteiger partial charge in [0.2, 0.25) is 0 Å². The van der Waals surface area contributed by atoms with Gasteiger partial charge < -0.3 is 14.9 Å². The van der Waals surface area contributed by atoms with Gasteiger partial charge in [0, 0.05) is 25.0 Å². The molecule has 0 amide bonds. The summed E-state index contributed by atoms with van der Waals surface area (Å²) in [5.41, 5.74) is 1.64. The Bertz CT molecular complexity index is 609. The van der Waals surface area contributed by atoms with Crippen LogP contribution >= 0.6 is 0 Å². The van der Waals surface area contributed by atoms with Gasteiger partial charge in [-0.15, -0.1) is 0 Å². The van der Waals surface area contributed by atoms with E-state index in [1.54, 1.807) is 18.2 Å². The van der Waals surface area contributed by atoms with Crippen molar-refractivity contribution in [1.82, 2.24) is 0 Å². The van der Waals surface area contributed by atoms with E-state index in [9.17, 15) is 15.0 Å². The third-order valence-corrected chi connectivity index (χ3v) is 4.71. The summed E-state index contributed by atoms with van der Waals surface area (Å²) in [5, 5.41) is 20.3. The van der Waals surface area contributed by atoms with Crippen LogP contribution in [0.5, 0.6) is 5.75 Å². The van der Waals surface area contributed by atoms with Gasteiger partial charge in [0.25, 0.3) is 0 Å². The van der Waals surface area contributed by atoms with Crippen molar-refractivity contribution in [3.8, 4) is 5.75 Å². The van der Waals surface area contributed by atoms with Crippen molar-refractivity contribution < 1.29 is 19.7 Å². The molecule has 1 fully saturated rings. The van der Waals surface area contributed by atoms with Crippen molar-refractivity contribution in [3.05, 3.63) is 35.1 Å². The van der Waals surface area contributed by atoms with Crippen LogP contribution in [0, 0.1) is 5.41 Å². The number of phenolic OH excluding ortho intramolecular Hbond substituents is 1. The largest absolute Gasteiger partial charge is 0.511 e. The maximum absolute atomic E-state index is 12.5. The quantitative estimate of drug-likeness (QED) is 0.878. The number of allylic oxidation sites excluding steroid dienone is 2. The van der Waals surface area contributed by atoms with Crippen molar-refractivity contribution in [2.24, 2.45) is 5.41 Å². The monoisotopic (exact) mass is 288 g/mol. The first-order valence-corrected chi connectivity index (χ1v) is 7.44. The van der Waals surface area contributed by atoms with E-state index in [1.165, 1.54) is 0 Å². The topological polar surface area (TPSA) is 66.8 Å². The normalized spacial score (nSPS) is 21.3. The average molecular weight is 288 g/mol. The summed E-state index contributed by atoms with van der Waals surface area (Å²) in [6.07, 6.45) is 2.44. The molecule has 112 valence electrons. The fourth-order valence-electron chi connectivity index (χ4n) is 3.45. The molecule has 4 heteroatoms. The summed E-state index contributed by atoms with van der Waals surface area (Å²) in [5.74, 6) is 0.396. The Morgan fingerprint density at radius 2 is 1.95 bits per heavy atom. The highest BCUT2D eigenvalue weighted by Crippen LogP contribution is 2.50. The van der Waals surface area contributed by atoms with Crippen LogP contribution in [0.1, 0.15) is 37.3 Å². The van der Waals surface area contributed by atoms with Crippen LogP contribution in [0.4, 0.5) is 0 Å². The van der Waals surface area contributed by atoms with Crippen LogP contribution in [0.2, 0.25) is 0 Å². The number of carbonyl (C=O) groups excluding carboxylic acids is 1. The number of benzene rings is 1. The van der Waals surface area contributed by atoms with Crippen molar-refractivity contribution >= 4 is 11.4 Å². The van der Waals surface area contributed by atoms with Crippen LogP contribution in [0.3, 0.4) is 0 Å². The molecule has 3 rings (SSSR count). The van der Waals surface area contributed by atoms with Gasteiger partial charge in [-0.2, -0.15) is 0 Å². The first kappa shape index (κ1) is 14.1. The molecule has 0 atom stereocenters. The van der Waals surface area contributed by atoms with Gasteiger partial charge in [-0.1, -0.05) is 13.0 Å². The molecule has 0 saturated carbocycles. The first-order valence-electron chi connectivity index (χ1n) is 7.44. The molecule has 1 saturated heterocycles. The zero-order valence-corrected chi connectivity index (χ0v) is 12.2. The summed E-state index contributed by atoms with van der Waals surface area (Å²) in [6.45, 7) is 3.14. The fraction of sp³-hybridized carbons (Fsp3) is 0.471. The summed E-state index contributed by atoms with van der Waals surface area (Å²) < 4.78 is 5.36. The predicted octanol–water partition coefficient (Wildman–Crippen LogP) is 2.99. The molecule has 0 unspecified atom stereocenters. The number of hydrogen-bond acceptors (Lipinski definition) is 4. The Labute approximate surface area is 124 Å². The molecule has 1 heterocycles. The number of aryl methyl sites for hydroxylation is 1. The van der Waals surface area contributed by atoms with E-state index < -0.39 is 5.41 Å². The molecular formula is C17H20O4. The molecule has 0 radical (unpaired) electrons. The molecule has 1 spiro atoms. The van der Waals surface area contributed by atoms with Crippen molar-refractivity contribution in [2.45, 2.75) is 32.6 Å². The van der Waals surface area contributed by atoms with Crippen molar-refractivity contribution in [3.63, 3.8) is 0 Å². The second-order valence-electron chi connectivity index (χ2n) is 5.91. The molecule has 4 nitrogen and oxygen atoms in total. The minimum atomic E-state index is -0.437. The zero-order valence-electron chi connectivity index (χ0n) is 12.2. The average Bonchev–Trinajstić information content (AvgIpc) is 2.71. The van der Waals surface area contributed by atoms with Crippen LogP contribution in [-0.4, -0.2) is 29.2 Å². The van der Waals surface area contributed by atoms with Gasteiger partial charge >= 0.3 is 0 Å². The van der Waals surface area contributed by atoms with Crippen LogP contribution in [0.15, 0.2) is 24.0 Å². The maximum atomic E-state index is 12.5. The maximum Gasteiger partial charge on any atom is 0.167 e. The lowest BCUT2D eigenvalue weighted by Crippen LogP contribution is -2.29.